The normalized spacial score (nSPS) is 15.3. The first-order valence-electron chi connectivity index (χ1n) is 5.52. The number of halogens is 1. The van der Waals surface area contributed by atoms with E-state index >= 15 is 0 Å². The van der Waals surface area contributed by atoms with Gasteiger partial charge in [0.1, 0.15) is 0 Å². The van der Waals surface area contributed by atoms with Gasteiger partial charge >= 0.3 is 0 Å². The van der Waals surface area contributed by atoms with E-state index in [9.17, 15) is 0 Å². The lowest BCUT2D eigenvalue weighted by Gasteiger charge is -2.23. The summed E-state index contributed by atoms with van der Waals surface area (Å²) in [6.07, 6.45) is 0. The summed E-state index contributed by atoms with van der Waals surface area (Å²) in [5, 5.41) is 4.37. The molecular weight excluding hydrogens is 206 g/mol. The smallest absolute Gasteiger partial charge is 0.0406 e. The molecule has 2 heteroatoms. The van der Waals surface area contributed by atoms with E-state index in [0.29, 0.717) is 18.0 Å². The highest BCUT2D eigenvalue weighted by Gasteiger charge is 2.11. The van der Waals surface area contributed by atoms with Crippen LogP contribution in [0.4, 0.5) is 0 Å². The van der Waals surface area contributed by atoms with Gasteiger partial charge in [-0.25, -0.2) is 0 Å². The van der Waals surface area contributed by atoms with Crippen molar-refractivity contribution in [1.29, 1.82) is 0 Å². The fourth-order valence-electron chi connectivity index (χ4n) is 1.43. The molecule has 0 saturated carbocycles. The summed E-state index contributed by atoms with van der Waals surface area (Å²) in [7, 11) is 0. The Kier molecular flexibility index (Phi) is 4.62. The molecule has 0 bridgehead atoms. The zero-order valence-electron chi connectivity index (χ0n) is 9.92. The Labute approximate surface area is 97.8 Å². The molecule has 84 valence electrons. The van der Waals surface area contributed by atoms with Crippen LogP contribution in [0, 0.1) is 5.92 Å². The molecule has 1 nitrogen and oxygen atoms in total. The van der Waals surface area contributed by atoms with Gasteiger partial charge in [0.15, 0.2) is 0 Å². The molecule has 0 heterocycles. The molecule has 0 aliphatic rings. The van der Waals surface area contributed by atoms with Gasteiger partial charge in [-0.3, -0.25) is 0 Å². The molecule has 0 fully saturated rings. The summed E-state index contributed by atoms with van der Waals surface area (Å²) in [5.74, 6) is 0.653. The minimum Gasteiger partial charge on any atom is -0.307 e. The van der Waals surface area contributed by atoms with Gasteiger partial charge in [0.25, 0.3) is 0 Å². The van der Waals surface area contributed by atoms with Crippen molar-refractivity contribution in [2.45, 2.75) is 39.8 Å². The van der Waals surface area contributed by atoms with Crippen LogP contribution in [0.15, 0.2) is 24.3 Å². The highest BCUT2D eigenvalue weighted by Crippen LogP contribution is 2.17. The molecule has 0 radical (unpaired) electrons. The van der Waals surface area contributed by atoms with E-state index in [0.717, 1.165) is 5.02 Å². The lowest BCUT2D eigenvalue weighted by Crippen LogP contribution is -2.32. The summed E-state index contributed by atoms with van der Waals surface area (Å²) in [6.45, 7) is 8.86. The van der Waals surface area contributed by atoms with E-state index in [1.165, 1.54) is 5.56 Å². The monoisotopic (exact) mass is 225 g/mol. The van der Waals surface area contributed by atoms with Gasteiger partial charge in [-0.1, -0.05) is 37.6 Å². The van der Waals surface area contributed by atoms with Crippen molar-refractivity contribution in [3.63, 3.8) is 0 Å². The van der Waals surface area contributed by atoms with Crippen molar-refractivity contribution in [2.75, 3.05) is 0 Å². The largest absolute Gasteiger partial charge is 0.307 e. The van der Waals surface area contributed by atoms with Crippen LogP contribution in [0.25, 0.3) is 0 Å². The average Bonchev–Trinajstić information content (AvgIpc) is 2.18. The summed E-state index contributed by atoms with van der Waals surface area (Å²) < 4.78 is 0. The topological polar surface area (TPSA) is 12.0 Å². The molecule has 1 aromatic carbocycles. The Morgan fingerprint density at radius 1 is 1.00 bits per heavy atom. The first kappa shape index (κ1) is 12.5. The number of benzene rings is 1. The predicted octanol–water partition coefficient (Wildman–Crippen LogP) is 4.04. The summed E-state index contributed by atoms with van der Waals surface area (Å²) >= 11 is 5.85. The fraction of sp³-hybridized carbons (Fsp3) is 0.538. The van der Waals surface area contributed by atoms with Crippen molar-refractivity contribution in [1.82, 2.24) is 5.32 Å². The third-order valence-corrected chi connectivity index (χ3v) is 3.13. The highest BCUT2D eigenvalue weighted by molar-refractivity contribution is 6.30. The van der Waals surface area contributed by atoms with Gasteiger partial charge in [-0.2, -0.15) is 0 Å². The number of nitrogens with one attached hydrogen (secondary N) is 1. The average molecular weight is 226 g/mol. The summed E-state index contributed by atoms with van der Waals surface area (Å²) in [5.41, 5.74) is 1.28. The van der Waals surface area contributed by atoms with Crippen molar-refractivity contribution in [3.05, 3.63) is 34.9 Å². The van der Waals surface area contributed by atoms with Crippen molar-refractivity contribution >= 4 is 11.6 Å². The molecule has 0 aliphatic heterocycles. The maximum absolute atomic E-state index is 5.85. The van der Waals surface area contributed by atoms with Gasteiger partial charge in [-0.15, -0.1) is 0 Å². The van der Waals surface area contributed by atoms with Crippen LogP contribution < -0.4 is 5.32 Å². The number of rotatable bonds is 4. The Balaban J connectivity index is 2.61. The molecule has 1 aromatic rings. The van der Waals surface area contributed by atoms with E-state index in [-0.39, 0.29) is 0 Å². The molecule has 0 spiro atoms. The Morgan fingerprint density at radius 2 is 1.53 bits per heavy atom. The zero-order valence-corrected chi connectivity index (χ0v) is 10.7. The van der Waals surface area contributed by atoms with Gasteiger partial charge in [0.2, 0.25) is 0 Å². The van der Waals surface area contributed by atoms with Crippen molar-refractivity contribution in [2.24, 2.45) is 5.92 Å². The molecule has 1 rings (SSSR count). The van der Waals surface area contributed by atoms with Crippen molar-refractivity contribution in [3.8, 4) is 0 Å². The molecule has 2 atom stereocenters. The third-order valence-electron chi connectivity index (χ3n) is 2.88. The Morgan fingerprint density at radius 3 is 2.00 bits per heavy atom. The van der Waals surface area contributed by atoms with E-state index in [1.54, 1.807) is 0 Å². The van der Waals surface area contributed by atoms with E-state index in [4.69, 9.17) is 11.6 Å². The van der Waals surface area contributed by atoms with Gasteiger partial charge in [0, 0.05) is 17.1 Å². The minimum absolute atomic E-state index is 0.375. The standard InChI is InChI=1S/C13H20ClN/c1-9(2)10(3)15-11(4)12-5-7-13(14)8-6-12/h5-11,15H,1-4H3/t10?,11-/m1/s1. The van der Waals surface area contributed by atoms with Crippen LogP contribution in [-0.2, 0) is 0 Å². The SMILES string of the molecule is CC(C)C(C)N[C@H](C)c1ccc(Cl)cc1. The van der Waals surface area contributed by atoms with Crippen LogP contribution >= 0.6 is 11.6 Å². The first-order valence-corrected chi connectivity index (χ1v) is 5.90. The molecule has 1 N–H and O–H groups in total. The van der Waals surface area contributed by atoms with Crippen LogP contribution in [0.2, 0.25) is 5.02 Å². The Bertz CT molecular complexity index is 292. The molecule has 0 aromatic heterocycles. The van der Waals surface area contributed by atoms with Crippen molar-refractivity contribution < 1.29 is 0 Å². The lowest BCUT2D eigenvalue weighted by atomic mass is 10.0. The molecule has 0 saturated heterocycles. The molecule has 15 heavy (non-hydrogen) atoms. The Hall–Kier alpha value is -0.530. The van der Waals surface area contributed by atoms with Crippen LogP contribution in [0.5, 0.6) is 0 Å². The summed E-state index contributed by atoms with van der Waals surface area (Å²) in [4.78, 5) is 0. The molecule has 0 amide bonds. The minimum atomic E-state index is 0.375. The molecule has 1 unspecified atom stereocenters. The van der Waals surface area contributed by atoms with Gasteiger partial charge in [0.05, 0.1) is 0 Å². The van der Waals surface area contributed by atoms with Gasteiger partial charge < -0.3 is 5.32 Å². The highest BCUT2D eigenvalue weighted by atomic mass is 35.5. The number of hydrogen-bond acceptors (Lipinski definition) is 1. The maximum Gasteiger partial charge on any atom is 0.0406 e. The second-order valence-electron chi connectivity index (χ2n) is 4.47. The maximum atomic E-state index is 5.85. The lowest BCUT2D eigenvalue weighted by molar-refractivity contribution is 0.389. The van der Waals surface area contributed by atoms with E-state index in [2.05, 4.69) is 45.1 Å². The second kappa shape index (κ2) is 5.53. The fourth-order valence-corrected chi connectivity index (χ4v) is 1.56. The van der Waals surface area contributed by atoms with E-state index in [1.807, 2.05) is 12.1 Å². The number of hydrogen-bond donors (Lipinski definition) is 1. The quantitative estimate of drug-likeness (QED) is 0.816. The van der Waals surface area contributed by atoms with Crippen LogP contribution in [0.1, 0.15) is 39.3 Å². The van der Waals surface area contributed by atoms with Crippen LogP contribution in [0.3, 0.4) is 0 Å². The second-order valence-corrected chi connectivity index (χ2v) is 4.91. The first-order chi connectivity index (χ1) is 7.00. The van der Waals surface area contributed by atoms with Crippen LogP contribution in [-0.4, -0.2) is 6.04 Å². The zero-order chi connectivity index (χ0) is 11.4. The van der Waals surface area contributed by atoms with Gasteiger partial charge in [-0.05, 0) is 37.5 Å². The molecule has 0 aliphatic carbocycles. The summed E-state index contributed by atoms with van der Waals surface area (Å²) in [6, 6.07) is 8.93. The molecular formula is C13H20ClN. The predicted molar refractivity (Wildman–Crippen MR) is 67.3 cm³/mol. The third kappa shape index (κ3) is 3.84. The van der Waals surface area contributed by atoms with E-state index < -0.39 is 0 Å².